The summed E-state index contributed by atoms with van der Waals surface area (Å²) in [5, 5.41) is 19.0. The van der Waals surface area contributed by atoms with E-state index in [9.17, 15) is 5.21 Å². The predicted octanol–water partition coefficient (Wildman–Crippen LogP) is 0.470. The molecule has 0 rings (SSSR count). The molecule has 0 aromatic heterocycles. The van der Waals surface area contributed by atoms with Crippen LogP contribution in [0.1, 0.15) is 19.3 Å². The van der Waals surface area contributed by atoms with Crippen molar-refractivity contribution >= 4 is 12.4 Å². The van der Waals surface area contributed by atoms with Crippen molar-refractivity contribution in [2.75, 3.05) is 14.1 Å². The highest BCUT2D eigenvalue weighted by Gasteiger charge is 1.90. The van der Waals surface area contributed by atoms with Gasteiger partial charge in [0.2, 0.25) is 0 Å². The molecule has 0 spiro atoms. The summed E-state index contributed by atoms with van der Waals surface area (Å²) >= 11 is 0. The van der Waals surface area contributed by atoms with Gasteiger partial charge in [-0.25, -0.2) is 4.74 Å². The molecule has 0 heterocycles. The lowest BCUT2D eigenvalue weighted by Gasteiger charge is -1.92. The number of hydroxylamine groups is 2. The molecule has 64 valence electrons. The van der Waals surface area contributed by atoms with Gasteiger partial charge in [-0.1, -0.05) is 0 Å². The number of hydrogen-bond acceptors (Lipinski definition) is 2. The molecule has 0 saturated heterocycles. The summed E-state index contributed by atoms with van der Waals surface area (Å²) in [4.78, 5) is 0. The Bertz CT molecular complexity index is 138. The molecule has 0 aromatic carbocycles. The second-order valence-electron chi connectivity index (χ2n) is 2.42. The Morgan fingerprint density at radius 1 is 1.27 bits per heavy atom. The average molecular weight is 159 g/mol. The van der Waals surface area contributed by atoms with E-state index in [1.54, 1.807) is 19.5 Å². The van der Waals surface area contributed by atoms with Crippen LogP contribution in [0.5, 0.6) is 0 Å². The van der Waals surface area contributed by atoms with Gasteiger partial charge in [-0.2, -0.15) is 0 Å². The van der Waals surface area contributed by atoms with E-state index >= 15 is 0 Å². The third-order valence-electron chi connectivity index (χ3n) is 1.19. The molecule has 0 saturated carbocycles. The number of unbranched alkanes of at least 4 members (excludes halogenated alkanes) is 2. The first-order valence-corrected chi connectivity index (χ1v) is 3.61. The average Bonchev–Trinajstić information content (AvgIpc) is 1.85. The summed E-state index contributed by atoms with van der Waals surface area (Å²) in [6.07, 6.45) is 5.67. The maximum atomic E-state index is 10.3. The molecule has 0 bridgehead atoms. The summed E-state index contributed by atoms with van der Waals surface area (Å²) in [5.74, 6) is 0. The van der Waals surface area contributed by atoms with Crippen molar-refractivity contribution in [1.29, 1.82) is 0 Å². The first kappa shape index (κ1) is 9.94. The molecular formula is C7H15N2O2+. The summed E-state index contributed by atoms with van der Waals surface area (Å²) in [5.41, 5.74) is 0. The van der Waals surface area contributed by atoms with Gasteiger partial charge >= 0.3 is 0 Å². The first-order valence-electron chi connectivity index (χ1n) is 3.61. The molecule has 4 nitrogen and oxygen atoms in total. The van der Waals surface area contributed by atoms with Gasteiger partial charge in [0.15, 0.2) is 19.5 Å². The van der Waals surface area contributed by atoms with E-state index in [1.807, 2.05) is 0 Å². The van der Waals surface area contributed by atoms with Crippen LogP contribution in [0.25, 0.3) is 0 Å². The first-order chi connectivity index (χ1) is 5.13. The summed E-state index contributed by atoms with van der Waals surface area (Å²) in [7, 11) is 3.02. The molecule has 0 radical (unpaired) electrons. The van der Waals surface area contributed by atoms with Crippen LogP contribution in [0.4, 0.5) is 0 Å². The molecule has 0 fully saturated rings. The molecule has 0 aliphatic heterocycles. The molecule has 0 amide bonds. The number of rotatable bonds is 4. The van der Waals surface area contributed by atoms with Crippen molar-refractivity contribution in [1.82, 2.24) is 0 Å². The van der Waals surface area contributed by atoms with Crippen LogP contribution < -0.4 is 0 Å². The largest absolute Gasteiger partial charge is 0.624 e. The van der Waals surface area contributed by atoms with E-state index in [0.29, 0.717) is 0 Å². The normalized spacial score (nSPS) is 13.6. The summed E-state index contributed by atoms with van der Waals surface area (Å²) in [6, 6.07) is 0. The minimum atomic E-state index is 0.754. The van der Waals surface area contributed by atoms with E-state index in [2.05, 4.69) is 0 Å². The molecule has 0 unspecified atom stereocenters. The Morgan fingerprint density at radius 2 is 1.82 bits per heavy atom. The SMILES string of the molecule is C[N+]([O-])=CCCCC=[N+](C)O. The molecule has 0 aromatic rings. The zero-order valence-corrected chi connectivity index (χ0v) is 7.03. The van der Waals surface area contributed by atoms with E-state index in [-0.39, 0.29) is 0 Å². The standard InChI is InChI=1S/C7H15N2O2/c1-8(10)6-4-3-5-7-9(2)11/h6-7,10H,3-5H2,1-2H3/q+1. The van der Waals surface area contributed by atoms with Gasteiger partial charge in [-0.15, -0.1) is 0 Å². The Labute approximate surface area is 66.6 Å². The van der Waals surface area contributed by atoms with Crippen LogP contribution >= 0.6 is 0 Å². The van der Waals surface area contributed by atoms with Crippen molar-refractivity contribution in [2.45, 2.75) is 19.3 Å². The lowest BCUT2D eigenvalue weighted by Crippen LogP contribution is -2.00. The van der Waals surface area contributed by atoms with E-state index in [1.165, 1.54) is 7.05 Å². The second-order valence-corrected chi connectivity index (χ2v) is 2.42. The van der Waals surface area contributed by atoms with Crippen molar-refractivity contribution in [3.8, 4) is 0 Å². The zero-order valence-electron chi connectivity index (χ0n) is 7.03. The van der Waals surface area contributed by atoms with Gasteiger partial charge in [0.1, 0.15) is 7.05 Å². The van der Waals surface area contributed by atoms with E-state index in [4.69, 9.17) is 5.21 Å². The van der Waals surface area contributed by atoms with Gasteiger partial charge < -0.3 is 5.21 Å². The molecular weight excluding hydrogens is 144 g/mol. The Balaban J connectivity index is 3.29. The van der Waals surface area contributed by atoms with Gasteiger partial charge in [0.05, 0.1) is 0 Å². The smallest absolute Gasteiger partial charge is 0.192 e. The Morgan fingerprint density at radius 3 is 2.27 bits per heavy atom. The number of nitrogens with zero attached hydrogens (tertiary/aromatic N) is 2. The molecule has 11 heavy (non-hydrogen) atoms. The fourth-order valence-electron chi connectivity index (χ4n) is 0.669. The summed E-state index contributed by atoms with van der Waals surface area (Å²) in [6.45, 7) is 0. The van der Waals surface area contributed by atoms with Gasteiger partial charge in [-0.3, -0.25) is 5.21 Å². The van der Waals surface area contributed by atoms with Crippen molar-refractivity contribution < 1.29 is 14.7 Å². The van der Waals surface area contributed by atoms with Crippen molar-refractivity contribution in [3.63, 3.8) is 0 Å². The highest BCUT2D eigenvalue weighted by atomic mass is 16.5. The monoisotopic (exact) mass is 159 g/mol. The zero-order chi connectivity index (χ0) is 8.69. The Kier molecular flexibility index (Phi) is 5.15. The molecule has 0 atom stereocenters. The third-order valence-corrected chi connectivity index (χ3v) is 1.19. The van der Waals surface area contributed by atoms with Crippen molar-refractivity contribution in [3.05, 3.63) is 5.21 Å². The fraction of sp³-hybridized carbons (Fsp3) is 0.714. The second kappa shape index (κ2) is 5.70. The van der Waals surface area contributed by atoms with Crippen LogP contribution in [0.15, 0.2) is 0 Å². The van der Waals surface area contributed by atoms with E-state index < -0.39 is 0 Å². The topological polar surface area (TPSA) is 49.3 Å². The maximum Gasteiger partial charge on any atom is 0.192 e. The highest BCUT2D eigenvalue weighted by molar-refractivity contribution is 5.54. The number of hydrogen-bond donors (Lipinski definition) is 1. The molecule has 0 aliphatic carbocycles. The lowest BCUT2D eigenvalue weighted by molar-refractivity contribution is -0.751. The van der Waals surface area contributed by atoms with Crippen LogP contribution in [0.2, 0.25) is 0 Å². The predicted molar refractivity (Wildman–Crippen MR) is 43.5 cm³/mol. The van der Waals surface area contributed by atoms with Gasteiger partial charge in [0, 0.05) is 12.8 Å². The molecule has 1 N–H and O–H groups in total. The third kappa shape index (κ3) is 8.94. The van der Waals surface area contributed by atoms with Crippen LogP contribution in [0, 0.1) is 5.21 Å². The minimum absolute atomic E-state index is 0.754. The van der Waals surface area contributed by atoms with Crippen LogP contribution in [-0.2, 0) is 0 Å². The maximum absolute atomic E-state index is 10.3. The minimum Gasteiger partial charge on any atom is -0.624 e. The van der Waals surface area contributed by atoms with Gasteiger partial charge in [0.25, 0.3) is 0 Å². The van der Waals surface area contributed by atoms with Crippen LogP contribution in [0.3, 0.4) is 0 Å². The summed E-state index contributed by atoms with van der Waals surface area (Å²) < 4.78 is 1.82. The Hall–Kier alpha value is -1.06. The van der Waals surface area contributed by atoms with E-state index in [0.717, 1.165) is 28.7 Å². The van der Waals surface area contributed by atoms with Crippen LogP contribution in [-0.4, -0.2) is 41.2 Å². The quantitative estimate of drug-likeness (QED) is 0.162. The molecule has 0 aliphatic rings. The van der Waals surface area contributed by atoms with Gasteiger partial charge in [-0.05, 0) is 11.2 Å². The molecule has 4 heteroatoms. The fourth-order valence-corrected chi connectivity index (χ4v) is 0.669. The lowest BCUT2D eigenvalue weighted by atomic mass is 10.3. The highest BCUT2D eigenvalue weighted by Crippen LogP contribution is 1.88. The van der Waals surface area contributed by atoms with Crippen molar-refractivity contribution in [2.24, 2.45) is 0 Å².